The Hall–Kier alpha value is -0.870. The molecule has 1 unspecified atom stereocenters. The van der Waals surface area contributed by atoms with E-state index >= 15 is 0 Å². The number of hydrogen-bond acceptors (Lipinski definition) is 3. The van der Waals surface area contributed by atoms with E-state index in [1.165, 1.54) is 7.11 Å². The van der Waals surface area contributed by atoms with Crippen LogP contribution in [-0.2, 0) is 19.7 Å². The quantitative estimate of drug-likeness (QED) is 0.488. The van der Waals surface area contributed by atoms with Gasteiger partial charge in [-0.3, -0.25) is 4.18 Å². The fraction of sp³-hybridized carbons (Fsp3) is 0.250. The first kappa shape index (κ1) is 11.1. The lowest BCUT2D eigenvalue weighted by Crippen LogP contribution is -1.96. The van der Waals surface area contributed by atoms with Crippen LogP contribution in [0.1, 0.15) is 6.92 Å². The molecule has 3 nitrogen and oxygen atoms in total. The summed E-state index contributed by atoms with van der Waals surface area (Å²) in [6.07, 6.45) is 6.77. The van der Waals surface area contributed by atoms with Crippen LogP contribution in [0, 0.1) is 0 Å². The van der Waals surface area contributed by atoms with Gasteiger partial charge in [0.2, 0.25) is 0 Å². The lowest BCUT2D eigenvalue weighted by molar-refractivity contribution is 0.341. The third-order valence-corrected chi connectivity index (χ3v) is 1.58. The molecule has 0 amide bonds. The Morgan fingerprint density at radius 1 is 1.50 bits per heavy atom. The molecule has 1 atom stereocenters. The van der Waals surface area contributed by atoms with Gasteiger partial charge in [0, 0.05) is 0 Å². The zero-order valence-corrected chi connectivity index (χ0v) is 7.97. The van der Waals surface area contributed by atoms with Crippen LogP contribution in [0.15, 0.2) is 36.6 Å². The topological polar surface area (TPSA) is 35.5 Å². The van der Waals surface area contributed by atoms with Gasteiger partial charge in [0.05, 0.1) is 7.11 Å². The van der Waals surface area contributed by atoms with Crippen LogP contribution >= 0.6 is 0 Å². The first-order valence-corrected chi connectivity index (χ1v) is 4.31. The molecule has 0 heterocycles. The van der Waals surface area contributed by atoms with Crippen LogP contribution in [-0.4, -0.2) is 11.3 Å². The predicted octanol–water partition coefficient (Wildman–Crippen LogP) is 1.87. The average molecular weight is 188 g/mol. The summed E-state index contributed by atoms with van der Waals surface area (Å²) in [7, 11) is 1.31. The van der Waals surface area contributed by atoms with Gasteiger partial charge in [0.15, 0.2) is 0 Å². The third-order valence-electron chi connectivity index (χ3n) is 0.914. The molecule has 0 aliphatic rings. The summed E-state index contributed by atoms with van der Waals surface area (Å²) >= 11 is -1.69. The summed E-state index contributed by atoms with van der Waals surface area (Å²) in [4.78, 5) is 0. The summed E-state index contributed by atoms with van der Waals surface area (Å²) in [6.45, 7) is 5.18. The van der Waals surface area contributed by atoms with Crippen molar-refractivity contribution in [2.75, 3.05) is 7.11 Å². The SMILES string of the molecule is C=C/C=C\C=C(/C)OS(=O)OC. The second-order valence-electron chi connectivity index (χ2n) is 1.85. The highest BCUT2D eigenvalue weighted by molar-refractivity contribution is 7.75. The van der Waals surface area contributed by atoms with Gasteiger partial charge < -0.3 is 4.18 Å². The summed E-state index contributed by atoms with van der Waals surface area (Å²) in [6, 6.07) is 0. The number of allylic oxidation sites excluding steroid dienone is 5. The molecule has 0 aromatic heterocycles. The Morgan fingerprint density at radius 2 is 2.17 bits per heavy atom. The molecule has 12 heavy (non-hydrogen) atoms. The van der Waals surface area contributed by atoms with E-state index < -0.39 is 11.4 Å². The van der Waals surface area contributed by atoms with Crippen molar-refractivity contribution >= 4 is 11.4 Å². The largest absolute Gasteiger partial charge is 0.385 e. The van der Waals surface area contributed by atoms with Crippen LogP contribution in [0.2, 0.25) is 0 Å². The lowest BCUT2D eigenvalue weighted by atomic mass is 10.4. The maximum atomic E-state index is 10.6. The number of hydrogen-bond donors (Lipinski definition) is 0. The van der Waals surface area contributed by atoms with E-state index in [-0.39, 0.29) is 0 Å². The van der Waals surface area contributed by atoms with Crippen LogP contribution in [0.3, 0.4) is 0 Å². The van der Waals surface area contributed by atoms with Crippen molar-refractivity contribution < 1.29 is 12.6 Å². The van der Waals surface area contributed by atoms with Crippen molar-refractivity contribution in [3.63, 3.8) is 0 Å². The van der Waals surface area contributed by atoms with Gasteiger partial charge in [-0.25, -0.2) is 0 Å². The highest BCUT2D eigenvalue weighted by atomic mass is 32.2. The molecule has 0 spiro atoms. The highest BCUT2D eigenvalue weighted by Gasteiger charge is 1.96. The summed E-state index contributed by atoms with van der Waals surface area (Å²) < 4.78 is 19.8. The molecule has 0 fully saturated rings. The molecule has 0 saturated heterocycles. The molecule has 0 radical (unpaired) electrons. The Labute approximate surface area is 75.2 Å². The van der Waals surface area contributed by atoms with Crippen LogP contribution < -0.4 is 0 Å². The first-order chi connectivity index (χ1) is 5.70. The fourth-order valence-corrected chi connectivity index (χ4v) is 0.777. The van der Waals surface area contributed by atoms with E-state index in [0.29, 0.717) is 5.76 Å². The van der Waals surface area contributed by atoms with Gasteiger partial charge >= 0.3 is 11.4 Å². The molecule has 68 valence electrons. The van der Waals surface area contributed by atoms with E-state index in [1.54, 1.807) is 31.2 Å². The molecular formula is C8H12O3S. The smallest absolute Gasteiger partial charge is 0.359 e. The standard InChI is InChI=1S/C8H12O3S/c1-4-5-6-7-8(2)11-12(9)10-3/h4-7H,1H2,2-3H3/b6-5-,8-7+. The summed E-state index contributed by atoms with van der Waals surface area (Å²) in [5, 5.41) is 0. The summed E-state index contributed by atoms with van der Waals surface area (Å²) in [5.74, 6) is 0.522. The van der Waals surface area contributed by atoms with Crippen molar-refractivity contribution in [1.29, 1.82) is 0 Å². The third kappa shape index (κ3) is 5.88. The van der Waals surface area contributed by atoms with Gasteiger partial charge in [-0.2, -0.15) is 4.21 Å². The summed E-state index contributed by atoms with van der Waals surface area (Å²) in [5.41, 5.74) is 0. The maximum absolute atomic E-state index is 10.6. The predicted molar refractivity (Wildman–Crippen MR) is 49.3 cm³/mol. The van der Waals surface area contributed by atoms with E-state index in [0.717, 1.165) is 0 Å². The van der Waals surface area contributed by atoms with Crippen molar-refractivity contribution in [3.8, 4) is 0 Å². The molecule has 0 aromatic carbocycles. The minimum absolute atomic E-state index is 0.522. The molecule has 0 bridgehead atoms. The van der Waals surface area contributed by atoms with Crippen LogP contribution in [0.4, 0.5) is 0 Å². The van der Waals surface area contributed by atoms with E-state index in [1.807, 2.05) is 0 Å². The minimum atomic E-state index is -1.69. The monoisotopic (exact) mass is 188 g/mol. The highest BCUT2D eigenvalue weighted by Crippen LogP contribution is 1.99. The van der Waals surface area contributed by atoms with Crippen LogP contribution in [0.25, 0.3) is 0 Å². The second-order valence-corrected chi connectivity index (χ2v) is 2.76. The molecule has 4 heteroatoms. The molecule has 0 aromatic rings. The zero-order valence-electron chi connectivity index (χ0n) is 7.15. The zero-order chi connectivity index (χ0) is 9.40. The molecule has 0 saturated carbocycles. The van der Waals surface area contributed by atoms with Gasteiger partial charge in [-0.05, 0) is 13.0 Å². The van der Waals surface area contributed by atoms with Gasteiger partial charge in [-0.15, -0.1) is 0 Å². The Balaban J connectivity index is 3.93. The maximum Gasteiger partial charge on any atom is 0.359 e. The second kappa shape index (κ2) is 6.82. The Bertz CT molecular complexity index is 218. The van der Waals surface area contributed by atoms with Gasteiger partial charge in [0.1, 0.15) is 5.76 Å². The number of rotatable bonds is 5. The molecule has 0 aliphatic carbocycles. The van der Waals surface area contributed by atoms with E-state index in [2.05, 4.69) is 10.8 Å². The van der Waals surface area contributed by atoms with Gasteiger partial charge in [0.25, 0.3) is 0 Å². The minimum Gasteiger partial charge on any atom is -0.385 e. The van der Waals surface area contributed by atoms with Crippen molar-refractivity contribution in [2.45, 2.75) is 6.92 Å². The normalized spacial score (nSPS) is 14.7. The van der Waals surface area contributed by atoms with Crippen molar-refractivity contribution in [1.82, 2.24) is 0 Å². The fourth-order valence-electron chi connectivity index (χ4n) is 0.439. The molecule has 0 N–H and O–H groups in total. The first-order valence-electron chi connectivity index (χ1n) is 3.31. The van der Waals surface area contributed by atoms with Crippen molar-refractivity contribution in [2.24, 2.45) is 0 Å². The van der Waals surface area contributed by atoms with Gasteiger partial charge in [-0.1, -0.05) is 24.8 Å². The lowest BCUT2D eigenvalue weighted by Gasteiger charge is -1.99. The van der Waals surface area contributed by atoms with E-state index in [4.69, 9.17) is 4.18 Å². The molecular weight excluding hydrogens is 176 g/mol. The van der Waals surface area contributed by atoms with Crippen LogP contribution in [0.5, 0.6) is 0 Å². The average Bonchev–Trinajstić information content (AvgIpc) is 2.05. The Kier molecular flexibility index (Phi) is 6.32. The molecule has 0 aliphatic heterocycles. The Morgan fingerprint density at radius 3 is 2.67 bits per heavy atom. The van der Waals surface area contributed by atoms with E-state index in [9.17, 15) is 4.21 Å². The molecule has 0 rings (SSSR count). The van der Waals surface area contributed by atoms with Crippen molar-refractivity contribution in [3.05, 3.63) is 36.6 Å².